The third-order valence-corrected chi connectivity index (χ3v) is 2.81. The summed E-state index contributed by atoms with van der Waals surface area (Å²) in [5.74, 6) is 0.851. The van der Waals surface area contributed by atoms with Crippen molar-refractivity contribution < 1.29 is 4.79 Å². The van der Waals surface area contributed by atoms with E-state index >= 15 is 0 Å². The number of anilines is 1. The van der Waals surface area contributed by atoms with Gasteiger partial charge < -0.3 is 10.2 Å². The second-order valence-corrected chi connectivity index (χ2v) is 4.40. The van der Waals surface area contributed by atoms with Crippen LogP contribution in [0.1, 0.15) is 43.5 Å². The van der Waals surface area contributed by atoms with Gasteiger partial charge >= 0.3 is 0 Å². The normalized spacial score (nSPS) is 10.2. The number of pyridine rings is 1. The fourth-order valence-corrected chi connectivity index (χ4v) is 1.73. The molecule has 18 heavy (non-hydrogen) atoms. The van der Waals surface area contributed by atoms with Crippen LogP contribution in [0.2, 0.25) is 0 Å². The van der Waals surface area contributed by atoms with Gasteiger partial charge in [0.1, 0.15) is 5.82 Å². The summed E-state index contributed by atoms with van der Waals surface area (Å²) in [4.78, 5) is 18.0. The quantitative estimate of drug-likeness (QED) is 0.756. The average molecular weight is 249 g/mol. The average Bonchev–Trinajstić information content (AvgIpc) is 2.39. The second kappa shape index (κ2) is 7.69. The van der Waals surface area contributed by atoms with Crippen molar-refractivity contribution >= 4 is 11.7 Å². The molecular formula is C14H23N3O. The Hall–Kier alpha value is -1.58. The number of hydrogen-bond donors (Lipinski definition) is 1. The molecule has 0 atom stereocenters. The van der Waals surface area contributed by atoms with Crippen LogP contribution in [0.15, 0.2) is 18.3 Å². The Morgan fingerprint density at radius 1 is 1.33 bits per heavy atom. The van der Waals surface area contributed by atoms with Crippen molar-refractivity contribution in [1.29, 1.82) is 0 Å². The summed E-state index contributed by atoms with van der Waals surface area (Å²) in [7, 11) is 1.84. The van der Waals surface area contributed by atoms with Crippen LogP contribution in [-0.4, -0.2) is 35.9 Å². The maximum atomic E-state index is 12.1. The number of carbonyl (C=O) groups excluding carboxylic acids is 1. The highest BCUT2D eigenvalue weighted by Gasteiger charge is 2.11. The molecule has 0 spiro atoms. The summed E-state index contributed by atoms with van der Waals surface area (Å²) >= 11 is 0. The molecule has 1 aromatic rings. The van der Waals surface area contributed by atoms with E-state index in [9.17, 15) is 4.79 Å². The highest BCUT2D eigenvalue weighted by atomic mass is 16.2. The molecule has 1 rings (SSSR count). The van der Waals surface area contributed by atoms with Crippen LogP contribution in [0.25, 0.3) is 0 Å². The molecule has 4 nitrogen and oxygen atoms in total. The van der Waals surface area contributed by atoms with Gasteiger partial charge in [-0.2, -0.15) is 0 Å². The zero-order valence-corrected chi connectivity index (χ0v) is 11.6. The highest BCUT2D eigenvalue weighted by Crippen LogP contribution is 2.08. The smallest absolute Gasteiger partial charge is 0.255 e. The van der Waals surface area contributed by atoms with E-state index in [0.717, 1.165) is 31.7 Å². The molecule has 0 bridgehead atoms. The van der Waals surface area contributed by atoms with E-state index in [-0.39, 0.29) is 5.91 Å². The van der Waals surface area contributed by atoms with E-state index < -0.39 is 0 Å². The van der Waals surface area contributed by atoms with E-state index in [2.05, 4.69) is 17.2 Å². The minimum atomic E-state index is 0.0432. The van der Waals surface area contributed by atoms with Crippen molar-refractivity contribution in [2.24, 2.45) is 0 Å². The summed E-state index contributed by atoms with van der Waals surface area (Å²) < 4.78 is 0. The Labute approximate surface area is 109 Å². The van der Waals surface area contributed by atoms with Crippen molar-refractivity contribution in [2.45, 2.75) is 33.1 Å². The maximum absolute atomic E-state index is 12.1. The fourth-order valence-electron chi connectivity index (χ4n) is 1.73. The first-order chi connectivity index (χ1) is 8.69. The zero-order valence-electron chi connectivity index (χ0n) is 11.6. The predicted molar refractivity (Wildman–Crippen MR) is 74.9 cm³/mol. The lowest BCUT2D eigenvalue weighted by molar-refractivity contribution is 0.0792. The van der Waals surface area contributed by atoms with Gasteiger partial charge in [-0.1, -0.05) is 19.8 Å². The lowest BCUT2D eigenvalue weighted by atomic mass is 10.2. The summed E-state index contributed by atoms with van der Waals surface area (Å²) in [6.45, 7) is 5.81. The van der Waals surface area contributed by atoms with Crippen molar-refractivity contribution in [2.75, 3.05) is 25.5 Å². The van der Waals surface area contributed by atoms with Crippen molar-refractivity contribution in [1.82, 2.24) is 9.88 Å². The molecule has 0 saturated carbocycles. The number of amides is 1. The molecule has 100 valence electrons. The molecule has 0 saturated heterocycles. The van der Waals surface area contributed by atoms with Gasteiger partial charge in [0.05, 0.1) is 5.56 Å². The summed E-state index contributed by atoms with van der Waals surface area (Å²) in [5, 5.41) is 3.11. The summed E-state index contributed by atoms with van der Waals surface area (Å²) in [5.41, 5.74) is 0.649. The number of unbranched alkanes of at least 4 members (excludes halogenated alkanes) is 2. The third kappa shape index (κ3) is 4.35. The number of aromatic nitrogens is 1. The van der Waals surface area contributed by atoms with Crippen molar-refractivity contribution in [3.63, 3.8) is 0 Å². The summed E-state index contributed by atoms with van der Waals surface area (Å²) in [6, 6.07) is 3.67. The number of rotatable bonds is 7. The predicted octanol–water partition coefficient (Wildman–Crippen LogP) is 2.78. The molecule has 0 radical (unpaired) electrons. The Morgan fingerprint density at radius 2 is 2.11 bits per heavy atom. The molecule has 0 aliphatic heterocycles. The largest absolute Gasteiger partial charge is 0.370 e. The van der Waals surface area contributed by atoms with Gasteiger partial charge in [-0.15, -0.1) is 0 Å². The lowest BCUT2D eigenvalue weighted by Gasteiger charge is -2.16. The molecule has 1 amide bonds. The van der Waals surface area contributed by atoms with E-state index in [4.69, 9.17) is 0 Å². The molecular weight excluding hydrogens is 226 g/mol. The number of nitrogens with one attached hydrogen (secondary N) is 1. The molecule has 0 aliphatic carbocycles. The molecule has 0 fully saturated rings. The summed E-state index contributed by atoms with van der Waals surface area (Å²) in [6.07, 6.45) is 5.02. The molecule has 1 heterocycles. The monoisotopic (exact) mass is 249 g/mol. The minimum absolute atomic E-state index is 0.0432. The lowest BCUT2D eigenvalue weighted by Crippen LogP contribution is -2.27. The second-order valence-electron chi connectivity index (χ2n) is 4.40. The van der Waals surface area contributed by atoms with Gasteiger partial charge in [-0.3, -0.25) is 4.79 Å². The van der Waals surface area contributed by atoms with Gasteiger partial charge in [0, 0.05) is 26.3 Å². The van der Waals surface area contributed by atoms with E-state index in [1.54, 1.807) is 11.1 Å². The van der Waals surface area contributed by atoms with Crippen LogP contribution < -0.4 is 5.32 Å². The SMILES string of the molecule is CCCCCN(C)C(=O)c1ccc(NCC)nc1. The van der Waals surface area contributed by atoms with Crippen LogP contribution >= 0.6 is 0 Å². The molecule has 1 aromatic heterocycles. The first-order valence-corrected chi connectivity index (χ1v) is 6.64. The van der Waals surface area contributed by atoms with Gasteiger partial charge in [-0.25, -0.2) is 4.98 Å². The van der Waals surface area contributed by atoms with Crippen LogP contribution in [0, 0.1) is 0 Å². The molecule has 0 unspecified atom stereocenters. The molecule has 0 aromatic carbocycles. The van der Waals surface area contributed by atoms with Crippen molar-refractivity contribution in [3.8, 4) is 0 Å². The van der Waals surface area contributed by atoms with Gasteiger partial charge in [0.15, 0.2) is 0 Å². The Bertz CT molecular complexity index is 362. The first-order valence-electron chi connectivity index (χ1n) is 6.64. The standard InChI is InChI=1S/C14H23N3O/c1-4-6-7-10-17(3)14(18)12-8-9-13(15-5-2)16-11-12/h8-9,11H,4-7,10H2,1-3H3,(H,15,16). The fraction of sp³-hybridized carbons (Fsp3) is 0.571. The minimum Gasteiger partial charge on any atom is -0.370 e. The van der Waals surface area contributed by atoms with E-state index in [1.807, 2.05) is 26.1 Å². The molecule has 0 aliphatic rings. The maximum Gasteiger partial charge on any atom is 0.255 e. The third-order valence-electron chi connectivity index (χ3n) is 2.81. The molecule has 4 heteroatoms. The number of nitrogens with zero attached hydrogens (tertiary/aromatic N) is 2. The number of hydrogen-bond acceptors (Lipinski definition) is 3. The topological polar surface area (TPSA) is 45.2 Å². The van der Waals surface area contributed by atoms with Crippen LogP contribution in [0.4, 0.5) is 5.82 Å². The van der Waals surface area contributed by atoms with E-state index in [0.29, 0.717) is 5.56 Å². The Morgan fingerprint density at radius 3 is 2.67 bits per heavy atom. The highest BCUT2D eigenvalue weighted by molar-refractivity contribution is 5.93. The first kappa shape index (κ1) is 14.5. The number of carbonyl (C=O) groups is 1. The zero-order chi connectivity index (χ0) is 13.4. The van der Waals surface area contributed by atoms with Crippen LogP contribution in [0.5, 0.6) is 0 Å². The van der Waals surface area contributed by atoms with Gasteiger partial charge in [-0.05, 0) is 25.5 Å². The Kier molecular flexibility index (Phi) is 6.19. The van der Waals surface area contributed by atoms with Gasteiger partial charge in [0.2, 0.25) is 0 Å². The van der Waals surface area contributed by atoms with Gasteiger partial charge in [0.25, 0.3) is 5.91 Å². The Balaban J connectivity index is 2.54. The van der Waals surface area contributed by atoms with Crippen molar-refractivity contribution in [3.05, 3.63) is 23.9 Å². The van der Waals surface area contributed by atoms with E-state index in [1.165, 1.54) is 6.42 Å². The van der Waals surface area contributed by atoms with Crippen LogP contribution in [0.3, 0.4) is 0 Å². The van der Waals surface area contributed by atoms with Crippen LogP contribution in [-0.2, 0) is 0 Å². The molecule has 1 N–H and O–H groups in total.